The van der Waals surface area contributed by atoms with Crippen LogP contribution in [0.25, 0.3) is 0 Å². The lowest BCUT2D eigenvalue weighted by Crippen LogP contribution is -2.28. The normalized spacial score (nSPS) is 19.4. The number of benzene rings is 1. The number of halogens is 3. The van der Waals surface area contributed by atoms with Crippen LogP contribution >= 0.6 is 0 Å². The van der Waals surface area contributed by atoms with Crippen molar-refractivity contribution in [2.45, 2.75) is 38.2 Å². The highest BCUT2D eigenvalue weighted by molar-refractivity contribution is 5.58. The van der Waals surface area contributed by atoms with Crippen LogP contribution in [0.15, 0.2) is 29.2 Å². The minimum absolute atomic E-state index is 0.0482. The fourth-order valence-corrected chi connectivity index (χ4v) is 3.56. The van der Waals surface area contributed by atoms with Crippen molar-refractivity contribution in [1.82, 2.24) is 10.2 Å². The Kier molecular flexibility index (Phi) is 4.55. The summed E-state index contributed by atoms with van der Waals surface area (Å²) in [4.78, 5) is 13.2. The number of hydrogen-bond acceptors (Lipinski definition) is 5. The first-order valence-corrected chi connectivity index (χ1v) is 8.68. The second kappa shape index (κ2) is 6.88. The van der Waals surface area contributed by atoms with Crippen LogP contribution in [0.1, 0.15) is 29.5 Å². The van der Waals surface area contributed by atoms with Crippen LogP contribution < -0.4 is 15.2 Å². The molecule has 0 amide bonds. The number of aromatic amines is 1. The Hall–Kier alpha value is -2.55. The molecule has 0 saturated carbocycles. The molecule has 2 aliphatic heterocycles. The van der Waals surface area contributed by atoms with E-state index in [1.165, 1.54) is 4.90 Å². The fraction of sp³-hybridized carbons (Fsp3) is 0.444. The van der Waals surface area contributed by atoms with Crippen LogP contribution in [-0.2, 0) is 24.0 Å². The minimum Gasteiger partial charge on any atom is -0.491 e. The maximum atomic E-state index is 13.4. The lowest BCUT2D eigenvalue weighted by Gasteiger charge is -2.21. The summed E-state index contributed by atoms with van der Waals surface area (Å²) < 4.78 is 51.5. The van der Waals surface area contributed by atoms with Crippen molar-refractivity contribution >= 4 is 5.69 Å². The van der Waals surface area contributed by atoms with Gasteiger partial charge in [0.25, 0.3) is 5.56 Å². The zero-order valence-corrected chi connectivity index (χ0v) is 14.4. The van der Waals surface area contributed by atoms with Gasteiger partial charge in [0.1, 0.15) is 17.9 Å². The lowest BCUT2D eigenvalue weighted by atomic mass is 10.1. The summed E-state index contributed by atoms with van der Waals surface area (Å²) in [6.45, 7) is 1.60. The van der Waals surface area contributed by atoms with Gasteiger partial charge in [0.05, 0.1) is 18.0 Å². The summed E-state index contributed by atoms with van der Waals surface area (Å²) >= 11 is 0. The Bertz CT molecular complexity index is 891. The number of anilines is 1. The van der Waals surface area contributed by atoms with E-state index in [1.54, 1.807) is 6.07 Å². The first-order valence-electron chi connectivity index (χ1n) is 8.68. The molecule has 9 heteroatoms. The summed E-state index contributed by atoms with van der Waals surface area (Å²) in [6.07, 6.45) is -1.73. The van der Waals surface area contributed by atoms with E-state index in [-0.39, 0.29) is 24.9 Å². The van der Waals surface area contributed by atoms with Crippen molar-refractivity contribution in [2.24, 2.45) is 0 Å². The van der Waals surface area contributed by atoms with Crippen molar-refractivity contribution in [3.05, 3.63) is 51.4 Å². The second-order valence-corrected chi connectivity index (χ2v) is 6.65. The molecule has 144 valence electrons. The van der Waals surface area contributed by atoms with Gasteiger partial charge in [0.2, 0.25) is 0 Å². The smallest absolute Gasteiger partial charge is 0.423 e. The maximum absolute atomic E-state index is 13.4. The molecule has 0 unspecified atom stereocenters. The van der Waals surface area contributed by atoms with Gasteiger partial charge in [-0.1, -0.05) is 12.1 Å². The Morgan fingerprint density at radius 3 is 2.93 bits per heavy atom. The molecule has 27 heavy (non-hydrogen) atoms. The molecular weight excluding hydrogens is 363 g/mol. The SMILES string of the molecule is O=c1[nH]ncc(N2Cc3cccc(OC[C@@H]4CCCO4)c3C2)c1C(F)(F)F. The molecule has 3 heterocycles. The van der Waals surface area contributed by atoms with E-state index < -0.39 is 17.3 Å². The molecule has 2 aromatic rings. The summed E-state index contributed by atoms with van der Waals surface area (Å²) in [7, 11) is 0. The van der Waals surface area contributed by atoms with Crippen LogP contribution in [0, 0.1) is 0 Å². The van der Waals surface area contributed by atoms with Gasteiger partial charge in [0, 0.05) is 25.3 Å². The van der Waals surface area contributed by atoms with E-state index in [9.17, 15) is 18.0 Å². The zero-order valence-electron chi connectivity index (χ0n) is 14.4. The third-order valence-electron chi connectivity index (χ3n) is 4.85. The Morgan fingerprint density at radius 2 is 2.19 bits per heavy atom. The van der Waals surface area contributed by atoms with Crippen molar-refractivity contribution in [1.29, 1.82) is 0 Å². The van der Waals surface area contributed by atoms with E-state index >= 15 is 0 Å². The van der Waals surface area contributed by atoms with Crippen molar-refractivity contribution in [2.75, 3.05) is 18.1 Å². The van der Waals surface area contributed by atoms with Crippen molar-refractivity contribution in [3.63, 3.8) is 0 Å². The van der Waals surface area contributed by atoms with Gasteiger partial charge in [0.15, 0.2) is 0 Å². The maximum Gasteiger partial charge on any atom is 0.423 e. The second-order valence-electron chi connectivity index (χ2n) is 6.65. The van der Waals surface area contributed by atoms with Crippen LogP contribution in [0.2, 0.25) is 0 Å². The van der Waals surface area contributed by atoms with Crippen LogP contribution in [0.4, 0.5) is 18.9 Å². The van der Waals surface area contributed by atoms with Gasteiger partial charge in [-0.05, 0) is 24.5 Å². The molecule has 1 aromatic carbocycles. The van der Waals surface area contributed by atoms with Crippen molar-refractivity contribution < 1.29 is 22.6 Å². The molecule has 0 aliphatic carbocycles. The molecule has 1 N–H and O–H groups in total. The Balaban J connectivity index is 1.59. The predicted molar refractivity (Wildman–Crippen MR) is 90.7 cm³/mol. The minimum atomic E-state index is -4.76. The summed E-state index contributed by atoms with van der Waals surface area (Å²) in [5.41, 5.74) is -1.01. The van der Waals surface area contributed by atoms with Crippen LogP contribution in [-0.4, -0.2) is 29.5 Å². The summed E-state index contributed by atoms with van der Waals surface area (Å²) in [5, 5.41) is 5.41. The number of hydrogen-bond donors (Lipinski definition) is 1. The van der Waals surface area contributed by atoms with Gasteiger partial charge >= 0.3 is 6.18 Å². The standard InChI is InChI=1S/C18H18F3N3O3/c19-18(20,21)16-14(7-22-23-17(16)25)24-8-11-3-1-5-15(13(11)9-24)27-10-12-4-2-6-26-12/h1,3,5,7,12H,2,4,6,8-10H2,(H,23,25)/t12-/m0/s1. The molecular formula is C18H18F3N3O3. The number of H-pyrrole nitrogens is 1. The lowest BCUT2D eigenvalue weighted by molar-refractivity contribution is -0.138. The third kappa shape index (κ3) is 3.51. The molecule has 1 saturated heterocycles. The van der Waals surface area contributed by atoms with Gasteiger partial charge in [-0.15, -0.1) is 0 Å². The molecule has 1 aromatic heterocycles. The van der Waals surface area contributed by atoms with E-state index in [0.29, 0.717) is 12.4 Å². The molecule has 2 aliphatic rings. The number of nitrogens with one attached hydrogen (secondary N) is 1. The van der Waals surface area contributed by atoms with E-state index in [1.807, 2.05) is 17.2 Å². The zero-order chi connectivity index (χ0) is 19.0. The molecule has 0 radical (unpaired) electrons. The number of alkyl halides is 3. The highest BCUT2D eigenvalue weighted by atomic mass is 19.4. The number of fused-ring (bicyclic) bond motifs is 1. The van der Waals surface area contributed by atoms with Gasteiger partial charge in [-0.3, -0.25) is 4.79 Å². The molecule has 6 nitrogen and oxygen atoms in total. The first kappa shape index (κ1) is 17.8. The van der Waals surface area contributed by atoms with Crippen LogP contribution in [0.3, 0.4) is 0 Å². The number of rotatable bonds is 4. The molecule has 0 bridgehead atoms. The summed E-state index contributed by atoms with van der Waals surface area (Å²) in [5.74, 6) is 0.636. The molecule has 1 fully saturated rings. The van der Waals surface area contributed by atoms with Gasteiger partial charge in [-0.2, -0.15) is 18.3 Å². The Labute approximate surface area is 152 Å². The quantitative estimate of drug-likeness (QED) is 0.882. The van der Waals surface area contributed by atoms with E-state index in [2.05, 4.69) is 5.10 Å². The first-order chi connectivity index (χ1) is 12.9. The van der Waals surface area contributed by atoms with Gasteiger partial charge < -0.3 is 14.4 Å². The van der Waals surface area contributed by atoms with Crippen LogP contribution in [0.5, 0.6) is 5.75 Å². The van der Waals surface area contributed by atoms with E-state index in [0.717, 1.165) is 36.8 Å². The fourth-order valence-electron chi connectivity index (χ4n) is 3.56. The predicted octanol–water partition coefficient (Wildman–Crippen LogP) is 2.87. The number of nitrogens with zero attached hydrogens (tertiary/aromatic N) is 2. The topological polar surface area (TPSA) is 67.5 Å². The average Bonchev–Trinajstić information content (AvgIpc) is 3.28. The highest BCUT2D eigenvalue weighted by Crippen LogP contribution is 2.39. The molecule has 0 spiro atoms. The Morgan fingerprint density at radius 1 is 1.33 bits per heavy atom. The highest BCUT2D eigenvalue weighted by Gasteiger charge is 2.39. The monoisotopic (exact) mass is 381 g/mol. The third-order valence-corrected chi connectivity index (χ3v) is 4.85. The van der Waals surface area contributed by atoms with Gasteiger partial charge in [-0.25, -0.2) is 5.10 Å². The average molecular weight is 381 g/mol. The number of aromatic nitrogens is 2. The summed E-state index contributed by atoms with van der Waals surface area (Å²) in [6, 6.07) is 5.47. The molecule has 4 rings (SSSR count). The van der Waals surface area contributed by atoms with Crippen molar-refractivity contribution in [3.8, 4) is 5.75 Å². The number of ether oxygens (including phenoxy) is 2. The van der Waals surface area contributed by atoms with E-state index in [4.69, 9.17) is 9.47 Å². The largest absolute Gasteiger partial charge is 0.491 e. The molecule has 1 atom stereocenters.